The van der Waals surface area contributed by atoms with Gasteiger partial charge in [0.15, 0.2) is 0 Å². The molecule has 1 saturated carbocycles. The van der Waals surface area contributed by atoms with E-state index in [9.17, 15) is 14.4 Å². The molecule has 3 aliphatic heterocycles. The van der Waals surface area contributed by atoms with Crippen LogP contribution in [0.25, 0.3) is 0 Å². The summed E-state index contributed by atoms with van der Waals surface area (Å²) in [7, 11) is 0. The first kappa shape index (κ1) is 34.9. The molecule has 0 spiro atoms. The average Bonchev–Trinajstić information content (AvgIpc) is 3.43. The van der Waals surface area contributed by atoms with Crippen LogP contribution in [0.4, 0.5) is 11.4 Å². The predicted molar refractivity (Wildman–Crippen MR) is 184 cm³/mol. The van der Waals surface area contributed by atoms with Crippen molar-refractivity contribution in [1.29, 1.82) is 0 Å². The van der Waals surface area contributed by atoms with Crippen LogP contribution in [0, 0.1) is 11.8 Å². The number of carbonyl (C=O) groups is 4. The van der Waals surface area contributed by atoms with Gasteiger partial charge in [0, 0.05) is 86.7 Å². The Morgan fingerprint density at radius 2 is 1.69 bits per heavy atom. The molecule has 4 amide bonds. The zero-order chi connectivity index (χ0) is 33.9. The number of benzene rings is 2. The number of fused-ring (bicyclic) bond motifs is 1. The number of piperazine rings is 1. The van der Waals surface area contributed by atoms with Crippen LogP contribution in [0.5, 0.6) is 0 Å². The zero-order valence-electron chi connectivity index (χ0n) is 27.5. The quantitative estimate of drug-likeness (QED) is 0.103. The number of primary amides is 1. The normalized spacial score (nSPS) is 22.6. The van der Waals surface area contributed by atoms with Gasteiger partial charge in [-0.2, -0.15) is 0 Å². The molecule has 256 valence electrons. The average molecular weight is 658 g/mol. The molecular weight excluding hydrogens is 610 g/mol. The Morgan fingerprint density at radius 1 is 0.958 bits per heavy atom. The van der Waals surface area contributed by atoms with Gasteiger partial charge in [-0.1, -0.05) is 17.9 Å². The fraction of sp³-hybridized carbons (Fsp3) is 0.500. The SMILES string of the molecule is NC=O.Nc1ccc(N2CCN(C3CCC(NCCOCCC#Cc4cccc5c4CN(C4CCC(=O)NC4=O)C5=O)CC3)CC2)cc1. The standard InChI is InChI=1S/C35H44N6O4.CH3NO/c36-26-7-11-28(12-8-26)39-18-20-40(21-19-39)29-13-9-27(10-14-29)37-17-23-45-22-2-1-4-25-5-3-6-30-31(25)24-41(35(30)44)32-15-16-33(42)38-34(32)43;2-1-3/h3,5-8,11-12,27,29,32,37H,2,9-10,13-24,36H2,(H,38,42,43);1H,(H2,2,3). The molecule has 48 heavy (non-hydrogen) atoms. The van der Waals surface area contributed by atoms with Gasteiger partial charge in [0.05, 0.1) is 13.2 Å². The van der Waals surface area contributed by atoms with Crippen molar-refractivity contribution in [2.45, 2.75) is 69.6 Å². The van der Waals surface area contributed by atoms with Crippen molar-refractivity contribution < 1.29 is 23.9 Å². The second-order valence-corrected chi connectivity index (χ2v) is 12.6. The lowest BCUT2D eigenvalue weighted by molar-refractivity contribution is -0.136. The maximum absolute atomic E-state index is 13.0. The first-order chi connectivity index (χ1) is 23.4. The van der Waals surface area contributed by atoms with Crippen LogP contribution < -0.4 is 27.0 Å². The van der Waals surface area contributed by atoms with Crippen LogP contribution >= 0.6 is 0 Å². The predicted octanol–water partition coefficient (Wildman–Crippen LogP) is 1.61. The molecule has 1 aliphatic carbocycles. The molecule has 2 saturated heterocycles. The van der Waals surface area contributed by atoms with E-state index >= 15 is 0 Å². The number of carbonyl (C=O) groups excluding carboxylic acids is 4. The Balaban J connectivity index is 0.00000145. The van der Waals surface area contributed by atoms with Crippen LogP contribution in [0.3, 0.4) is 0 Å². The van der Waals surface area contributed by atoms with E-state index in [-0.39, 0.29) is 24.6 Å². The molecule has 4 aliphatic rings. The van der Waals surface area contributed by atoms with Crippen molar-refractivity contribution in [1.82, 2.24) is 20.4 Å². The molecule has 12 heteroatoms. The number of hydrogen-bond acceptors (Lipinski definition) is 9. The highest BCUT2D eigenvalue weighted by atomic mass is 16.5. The molecule has 0 radical (unpaired) electrons. The number of imide groups is 1. The van der Waals surface area contributed by atoms with E-state index in [1.54, 1.807) is 11.0 Å². The first-order valence-electron chi connectivity index (χ1n) is 16.9. The van der Waals surface area contributed by atoms with Gasteiger partial charge in [-0.15, -0.1) is 0 Å². The van der Waals surface area contributed by atoms with Crippen molar-refractivity contribution in [3.05, 3.63) is 59.2 Å². The monoisotopic (exact) mass is 657 g/mol. The summed E-state index contributed by atoms with van der Waals surface area (Å²) in [6.45, 7) is 6.76. The number of nitrogen functional groups attached to an aromatic ring is 1. The fourth-order valence-electron chi connectivity index (χ4n) is 7.10. The molecular formula is C36H47N7O5. The van der Waals surface area contributed by atoms with E-state index in [1.165, 1.54) is 31.4 Å². The molecule has 3 heterocycles. The Bertz CT molecular complexity index is 1490. The van der Waals surface area contributed by atoms with Crippen molar-refractivity contribution in [3.8, 4) is 11.8 Å². The molecule has 12 nitrogen and oxygen atoms in total. The molecule has 0 bridgehead atoms. The number of ether oxygens (including phenoxy) is 1. The number of rotatable bonds is 9. The third-order valence-electron chi connectivity index (χ3n) is 9.64. The molecule has 2 aromatic rings. The summed E-state index contributed by atoms with van der Waals surface area (Å²) in [5.74, 6) is 5.52. The summed E-state index contributed by atoms with van der Waals surface area (Å²) in [5, 5.41) is 6.03. The second kappa shape index (κ2) is 17.1. The van der Waals surface area contributed by atoms with E-state index < -0.39 is 11.9 Å². The van der Waals surface area contributed by atoms with Crippen LogP contribution in [-0.2, 0) is 25.7 Å². The highest BCUT2D eigenvalue weighted by Crippen LogP contribution is 2.30. The highest BCUT2D eigenvalue weighted by molar-refractivity contribution is 6.05. The molecule has 1 atom stereocenters. The minimum Gasteiger partial charge on any atom is -0.399 e. The van der Waals surface area contributed by atoms with Gasteiger partial charge < -0.3 is 31.3 Å². The number of anilines is 2. The van der Waals surface area contributed by atoms with Crippen molar-refractivity contribution in [2.24, 2.45) is 5.73 Å². The lowest BCUT2D eigenvalue weighted by atomic mass is 9.90. The van der Waals surface area contributed by atoms with Crippen molar-refractivity contribution in [3.63, 3.8) is 0 Å². The summed E-state index contributed by atoms with van der Waals surface area (Å²) in [6, 6.07) is 14.4. The number of amides is 4. The largest absolute Gasteiger partial charge is 0.399 e. The van der Waals surface area contributed by atoms with Gasteiger partial charge in [-0.3, -0.25) is 29.4 Å². The van der Waals surface area contributed by atoms with E-state index in [0.29, 0.717) is 50.2 Å². The number of hydrogen-bond donors (Lipinski definition) is 4. The fourth-order valence-corrected chi connectivity index (χ4v) is 7.10. The maximum atomic E-state index is 13.0. The molecule has 1 unspecified atom stereocenters. The lowest BCUT2D eigenvalue weighted by Crippen LogP contribution is -2.52. The Morgan fingerprint density at radius 3 is 2.40 bits per heavy atom. The van der Waals surface area contributed by atoms with Crippen molar-refractivity contribution >= 4 is 35.5 Å². The molecule has 0 aromatic heterocycles. The van der Waals surface area contributed by atoms with Gasteiger partial charge in [0.1, 0.15) is 6.04 Å². The van der Waals surface area contributed by atoms with Crippen molar-refractivity contribution in [2.75, 3.05) is 56.6 Å². The smallest absolute Gasteiger partial charge is 0.255 e. The van der Waals surface area contributed by atoms with Gasteiger partial charge in [-0.05, 0) is 74.1 Å². The number of nitrogens with one attached hydrogen (secondary N) is 2. The highest BCUT2D eigenvalue weighted by Gasteiger charge is 2.39. The van der Waals surface area contributed by atoms with E-state index in [4.69, 9.17) is 15.3 Å². The second-order valence-electron chi connectivity index (χ2n) is 12.6. The van der Waals surface area contributed by atoms with Crippen LogP contribution in [0.2, 0.25) is 0 Å². The number of nitrogens with zero attached hydrogens (tertiary/aromatic N) is 3. The lowest BCUT2D eigenvalue weighted by Gasteiger charge is -2.42. The summed E-state index contributed by atoms with van der Waals surface area (Å²) < 4.78 is 5.84. The van der Waals surface area contributed by atoms with Gasteiger partial charge in [-0.25, -0.2) is 0 Å². The minimum atomic E-state index is -0.622. The Labute approximate surface area is 282 Å². The third kappa shape index (κ3) is 8.92. The zero-order valence-corrected chi connectivity index (χ0v) is 27.5. The molecule has 2 aromatic carbocycles. The Kier molecular flexibility index (Phi) is 12.4. The topological polar surface area (TPSA) is 163 Å². The Hall–Kier alpha value is -4.44. The number of nitrogens with two attached hydrogens (primary N) is 2. The van der Waals surface area contributed by atoms with Crippen LogP contribution in [0.1, 0.15) is 66.4 Å². The summed E-state index contributed by atoms with van der Waals surface area (Å²) in [6.07, 6.45) is 6.35. The molecule has 3 fully saturated rings. The van der Waals surface area contributed by atoms with E-state index in [1.807, 2.05) is 24.3 Å². The molecule has 6 rings (SSSR count). The molecule has 6 N–H and O–H groups in total. The van der Waals surface area contributed by atoms with Crippen LogP contribution in [0.15, 0.2) is 42.5 Å². The summed E-state index contributed by atoms with van der Waals surface area (Å²) in [4.78, 5) is 52.1. The van der Waals surface area contributed by atoms with E-state index in [0.717, 1.165) is 49.5 Å². The van der Waals surface area contributed by atoms with Gasteiger partial charge in [0.2, 0.25) is 18.2 Å². The summed E-state index contributed by atoms with van der Waals surface area (Å²) >= 11 is 0. The minimum absolute atomic E-state index is 0.180. The number of piperidine rings is 1. The first-order valence-corrected chi connectivity index (χ1v) is 16.9. The van der Waals surface area contributed by atoms with E-state index in [2.05, 4.69) is 50.1 Å². The van der Waals surface area contributed by atoms with Gasteiger partial charge >= 0.3 is 0 Å². The third-order valence-corrected chi connectivity index (χ3v) is 9.64. The van der Waals surface area contributed by atoms with Crippen LogP contribution in [-0.4, -0.2) is 98.0 Å². The van der Waals surface area contributed by atoms with Gasteiger partial charge in [0.25, 0.3) is 5.91 Å². The maximum Gasteiger partial charge on any atom is 0.255 e. The summed E-state index contributed by atoms with van der Waals surface area (Å²) in [5.41, 5.74) is 14.3.